The molecular formula is C20H21N3S2. The number of hydrogen-bond donors (Lipinski definition) is 2. The molecule has 3 nitrogen and oxygen atoms in total. The van der Waals surface area contributed by atoms with Crippen LogP contribution in [0.3, 0.4) is 0 Å². The second-order valence-corrected chi connectivity index (χ2v) is 7.28. The molecule has 0 amide bonds. The van der Waals surface area contributed by atoms with Gasteiger partial charge in [0.15, 0.2) is 5.11 Å². The number of aromatic nitrogens is 1. The second-order valence-electron chi connectivity index (χ2n) is 5.81. The zero-order chi connectivity index (χ0) is 17.6. The van der Waals surface area contributed by atoms with E-state index in [1.165, 1.54) is 11.1 Å². The molecule has 0 saturated heterocycles. The summed E-state index contributed by atoms with van der Waals surface area (Å²) in [6.07, 6.45) is 1.01. The van der Waals surface area contributed by atoms with Crippen LogP contribution in [-0.4, -0.2) is 10.1 Å². The Balaban J connectivity index is 1.55. The molecule has 0 aliphatic heterocycles. The van der Waals surface area contributed by atoms with Gasteiger partial charge in [-0.3, -0.25) is 0 Å². The maximum atomic E-state index is 5.39. The number of hydrogen-bond acceptors (Lipinski definition) is 3. The number of thiocarbonyl (C=S) groups is 1. The molecule has 5 heteroatoms. The van der Waals surface area contributed by atoms with Crippen molar-refractivity contribution in [1.82, 2.24) is 10.3 Å². The Labute approximate surface area is 158 Å². The van der Waals surface area contributed by atoms with Crippen molar-refractivity contribution in [3.63, 3.8) is 0 Å². The van der Waals surface area contributed by atoms with Gasteiger partial charge in [0.1, 0.15) is 0 Å². The largest absolute Gasteiger partial charge is 0.358 e. The van der Waals surface area contributed by atoms with Gasteiger partial charge in [-0.05, 0) is 48.8 Å². The fourth-order valence-corrected chi connectivity index (χ4v) is 3.33. The van der Waals surface area contributed by atoms with Crippen molar-refractivity contribution in [2.45, 2.75) is 26.8 Å². The SMILES string of the molecule is CCc1cccc(NC(=S)NCc2ccc(-c3csc(C)n3)cc2)c1. The number of thiazole rings is 1. The van der Waals surface area contributed by atoms with Crippen LogP contribution >= 0.6 is 23.6 Å². The first kappa shape index (κ1) is 17.6. The van der Waals surface area contributed by atoms with E-state index >= 15 is 0 Å². The van der Waals surface area contributed by atoms with E-state index < -0.39 is 0 Å². The van der Waals surface area contributed by atoms with E-state index in [4.69, 9.17) is 12.2 Å². The summed E-state index contributed by atoms with van der Waals surface area (Å²) in [5, 5.41) is 10.3. The van der Waals surface area contributed by atoms with Gasteiger partial charge in [-0.15, -0.1) is 11.3 Å². The smallest absolute Gasteiger partial charge is 0.171 e. The quantitative estimate of drug-likeness (QED) is 0.610. The lowest BCUT2D eigenvalue weighted by atomic mass is 10.1. The van der Waals surface area contributed by atoms with Gasteiger partial charge in [0, 0.05) is 23.2 Å². The summed E-state index contributed by atoms with van der Waals surface area (Å²) in [5.41, 5.74) is 5.68. The van der Waals surface area contributed by atoms with Crippen LogP contribution in [-0.2, 0) is 13.0 Å². The molecule has 0 unspecified atom stereocenters. The van der Waals surface area contributed by atoms with Gasteiger partial charge in [-0.1, -0.05) is 43.3 Å². The summed E-state index contributed by atoms with van der Waals surface area (Å²) in [4.78, 5) is 4.52. The highest BCUT2D eigenvalue weighted by atomic mass is 32.1. The normalized spacial score (nSPS) is 10.5. The van der Waals surface area contributed by atoms with Crippen molar-refractivity contribution in [3.8, 4) is 11.3 Å². The first-order chi connectivity index (χ1) is 12.1. The molecule has 1 heterocycles. The molecule has 3 rings (SSSR count). The van der Waals surface area contributed by atoms with Crippen molar-refractivity contribution < 1.29 is 0 Å². The minimum absolute atomic E-state index is 0.632. The zero-order valence-corrected chi connectivity index (χ0v) is 16.0. The maximum Gasteiger partial charge on any atom is 0.171 e. The van der Waals surface area contributed by atoms with E-state index in [9.17, 15) is 0 Å². The molecule has 2 N–H and O–H groups in total. The number of rotatable bonds is 5. The number of benzene rings is 2. The summed E-state index contributed by atoms with van der Waals surface area (Å²) in [5.74, 6) is 0. The summed E-state index contributed by atoms with van der Waals surface area (Å²) in [6.45, 7) is 4.86. The maximum absolute atomic E-state index is 5.39. The highest BCUT2D eigenvalue weighted by Gasteiger charge is 2.03. The third-order valence-corrected chi connectivity index (χ3v) is 4.93. The molecule has 3 aromatic rings. The van der Waals surface area contributed by atoms with Crippen molar-refractivity contribution in [2.24, 2.45) is 0 Å². The molecule has 0 saturated carbocycles. The first-order valence-corrected chi connectivity index (χ1v) is 9.58. The third kappa shape index (κ3) is 4.87. The van der Waals surface area contributed by atoms with Gasteiger partial charge in [0.05, 0.1) is 10.7 Å². The minimum atomic E-state index is 0.632. The zero-order valence-electron chi connectivity index (χ0n) is 14.4. The Morgan fingerprint density at radius 3 is 2.60 bits per heavy atom. The van der Waals surface area contributed by atoms with E-state index in [0.717, 1.165) is 28.4 Å². The van der Waals surface area contributed by atoms with Crippen molar-refractivity contribution in [1.29, 1.82) is 0 Å². The van der Waals surface area contributed by atoms with Crippen LogP contribution in [0, 0.1) is 6.92 Å². The Kier molecular flexibility index (Phi) is 5.79. The third-order valence-electron chi connectivity index (χ3n) is 3.91. The van der Waals surface area contributed by atoms with Crippen LogP contribution in [0.5, 0.6) is 0 Å². The number of aryl methyl sites for hydroxylation is 2. The number of anilines is 1. The predicted octanol–water partition coefficient (Wildman–Crippen LogP) is 5.17. The van der Waals surface area contributed by atoms with Gasteiger partial charge < -0.3 is 10.6 Å². The summed E-state index contributed by atoms with van der Waals surface area (Å²) < 4.78 is 0. The van der Waals surface area contributed by atoms with Gasteiger partial charge in [-0.25, -0.2) is 4.98 Å². The molecule has 25 heavy (non-hydrogen) atoms. The standard InChI is InChI=1S/C20H21N3S2/c1-3-15-5-4-6-18(11-15)23-20(24)21-12-16-7-9-17(10-8-16)19-13-25-14(2)22-19/h4-11,13H,3,12H2,1-2H3,(H2,21,23,24). The lowest BCUT2D eigenvalue weighted by Crippen LogP contribution is -2.27. The van der Waals surface area contributed by atoms with Crippen molar-refractivity contribution in [2.75, 3.05) is 5.32 Å². The van der Waals surface area contributed by atoms with Crippen molar-refractivity contribution in [3.05, 3.63) is 70.0 Å². The van der Waals surface area contributed by atoms with Crippen LogP contribution < -0.4 is 10.6 Å². The average Bonchev–Trinajstić information content (AvgIpc) is 3.07. The molecule has 128 valence electrons. The molecule has 0 bridgehead atoms. The lowest BCUT2D eigenvalue weighted by molar-refractivity contribution is 0.926. The van der Waals surface area contributed by atoms with E-state index in [2.05, 4.69) is 64.3 Å². The molecular weight excluding hydrogens is 346 g/mol. The van der Waals surface area contributed by atoms with Crippen molar-refractivity contribution >= 4 is 34.4 Å². The molecule has 0 atom stereocenters. The van der Waals surface area contributed by atoms with Crippen LogP contribution in [0.25, 0.3) is 11.3 Å². The first-order valence-electron chi connectivity index (χ1n) is 8.29. The summed E-state index contributed by atoms with van der Waals surface area (Å²) in [7, 11) is 0. The van der Waals surface area contributed by atoms with E-state index in [1.807, 2.05) is 19.1 Å². The molecule has 0 aliphatic carbocycles. The Morgan fingerprint density at radius 1 is 1.12 bits per heavy atom. The van der Waals surface area contributed by atoms with E-state index in [-0.39, 0.29) is 0 Å². The topological polar surface area (TPSA) is 37.0 Å². The van der Waals surface area contributed by atoms with Gasteiger partial charge in [-0.2, -0.15) is 0 Å². The van der Waals surface area contributed by atoms with Crippen LogP contribution in [0.2, 0.25) is 0 Å². The Bertz CT molecular complexity index is 853. The molecule has 0 aliphatic rings. The van der Waals surface area contributed by atoms with Gasteiger partial charge in [0.25, 0.3) is 0 Å². The molecule has 0 fully saturated rings. The fraction of sp³-hybridized carbons (Fsp3) is 0.200. The lowest BCUT2D eigenvalue weighted by Gasteiger charge is -2.11. The highest BCUT2D eigenvalue weighted by molar-refractivity contribution is 7.80. The fourth-order valence-electron chi connectivity index (χ4n) is 2.52. The summed E-state index contributed by atoms with van der Waals surface area (Å²) in [6, 6.07) is 16.7. The highest BCUT2D eigenvalue weighted by Crippen LogP contribution is 2.21. The van der Waals surface area contributed by atoms with Crippen LogP contribution in [0.4, 0.5) is 5.69 Å². The summed E-state index contributed by atoms with van der Waals surface area (Å²) >= 11 is 7.06. The van der Waals surface area contributed by atoms with E-state index in [0.29, 0.717) is 11.7 Å². The second kappa shape index (κ2) is 8.23. The Hall–Kier alpha value is -2.24. The molecule has 0 radical (unpaired) electrons. The molecule has 2 aromatic carbocycles. The monoisotopic (exact) mass is 367 g/mol. The number of nitrogens with zero attached hydrogens (tertiary/aromatic N) is 1. The number of nitrogens with one attached hydrogen (secondary N) is 2. The predicted molar refractivity (Wildman–Crippen MR) is 111 cm³/mol. The Morgan fingerprint density at radius 2 is 1.92 bits per heavy atom. The average molecular weight is 368 g/mol. The molecule has 0 spiro atoms. The molecule has 1 aromatic heterocycles. The van der Waals surface area contributed by atoms with Gasteiger partial charge in [0.2, 0.25) is 0 Å². The minimum Gasteiger partial charge on any atom is -0.358 e. The van der Waals surface area contributed by atoms with E-state index in [1.54, 1.807) is 11.3 Å². The van der Waals surface area contributed by atoms with Crippen LogP contribution in [0.15, 0.2) is 53.9 Å². The van der Waals surface area contributed by atoms with Gasteiger partial charge >= 0.3 is 0 Å². The van der Waals surface area contributed by atoms with Crippen LogP contribution in [0.1, 0.15) is 23.1 Å².